The van der Waals surface area contributed by atoms with E-state index in [2.05, 4.69) is 57.2 Å². The molecule has 0 saturated carbocycles. The first-order chi connectivity index (χ1) is 37.0. The summed E-state index contributed by atoms with van der Waals surface area (Å²) in [5.41, 5.74) is 0. The molecule has 0 rings (SSSR count). The summed E-state index contributed by atoms with van der Waals surface area (Å²) in [6.45, 7) is 6.67. The molecule has 0 bridgehead atoms. The Morgan fingerprint density at radius 3 is 0.773 bits per heavy atom. The minimum Gasteiger partial charge on any atom is -0.462 e. The molecule has 0 aromatic heterocycles. The largest absolute Gasteiger partial charge is 0.462 e. The van der Waals surface area contributed by atoms with Gasteiger partial charge in [-0.05, 0) is 77.0 Å². The standard InChI is InChI=1S/C69H128O6/c1-4-7-10-13-16-19-22-25-27-29-30-31-32-33-34-35-36-37-38-40-41-44-47-50-53-56-59-62-68(71)74-65-66(64-73-67(70)61-58-55-52-49-46-43-24-21-18-15-12-9-6-3)75-69(72)63-60-57-54-51-48-45-42-39-28-26-23-20-17-14-11-8-5-2/h17,20,26,28-30,66H,4-16,18-19,21-25,27,31-65H2,1-3H3/b20-17-,28-26-,30-29-. The van der Waals surface area contributed by atoms with Crippen molar-refractivity contribution in [3.8, 4) is 0 Å². The maximum atomic E-state index is 12.9. The lowest BCUT2D eigenvalue weighted by Gasteiger charge is -2.18. The van der Waals surface area contributed by atoms with Crippen LogP contribution in [0.1, 0.15) is 367 Å². The number of hydrogen-bond donors (Lipinski definition) is 0. The third-order valence-electron chi connectivity index (χ3n) is 15.1. The van der Waals surface area contributed by atoms with E-state index >= 15 is 0 Å². The first-order valence-corrected chi connectivity index (χ1v) is 33.5. The quantitative estimate of drug-likeness (QED) is 0.0261. The second kappa shape index (κ2) is 64.2. The van der Waals surface area contributed by atoms with E-state index in [0.717, 1.165) is 70.6 Å². The van der Waals surface area contributed by atoms with Gasteiger partial charge in [-0.25, -0.2) is 0 Å². The van der Waals surface area contributed by atoms with Crippen molar-refractivity contribution >= 4 is 17.9 Å². The minimum absolute atomic E-state index is 0.0705. The molecular formula is C69H128O6. The highest BCUT2D eigenvalue weighted by Gasteiger charge is 2.19. The Kier molecular flexibility index (Phi) is 62.1. The molecular weight excluding hydrogens is 925 g/mol. The van der Waals surface area contributed by atoms with Crippen LogP contribution >= 0.6 is 0 Å². The first-order valence-electron chi connectivity index (χ1n) is 33.5. The van der Waals surface area contributed by atoms with Crippen LogP contribution < -0.4 is 0 Å². The fourth-order valence-corrected chi connectivity index (χ4v) is 10.1. The lowest BCUT2D eigenvalue weighted by Crippen LogP contribution is -2.30. The van der Waals surface area contributed by atoms with Crippen molar-refractivity contribution in [1.82, 2.24) is 0 Å². The Morgan fingerprint density at radius 2 is 0.480 bits per heavy atom. The maximum absolute atomic E-state index is 12.9. The summed E-state index contributed by atoms with van der Waals surface area (Å²) in [5.74, 6) is -0.853. The van der Waals surface area contributed by atoms with Crippen molar-refractivity contribution in [3.05, 3.63) is 36.5 Å². The monoisotopic (exact) mass is 1050 g/mol. The molecule has 6 nitrogen and oxygen atoms in total. The molecule has 0 aliphatic heterocycles. The van der Waals surface area contributed by atoms with Crippen LogP contribution in [0.5, 0.6) is 0 Å². The first kappa shape index (κ1) is 72.6. The molecule has 0 aromatic rings. The molecule has 0 saturated heterocycles. The van der Waals surface area contributed by atoms with Crippen LogP contribution in [0.15, 0.2) is 36.5 Å². The molecule has 0 aliphatic carbocycles. The molecule has 0 amide bonds. The van der Waals surface area contributed by atoms with Crippen LogP contribution in [0, 0.1) is 0 Å². The maximum Gasteiger partial charge on any atom is 0.306 e. The van der Waals surface area contributed by atoms with Crippen molar-refractivity contribution in [2.24, 2.45) is 0 Å². The molecule has 0 aromatic carbocycles. The Morgan fingerprint density at radius 1 is 0.267 bits per heavy atom. The summed E-state index contributed by atoms with van der Waals surface area (Å²) in [7, 11) is 0. The summed E-state index contributed by atoms with van der Waals surface area (Å²) in [4.78, 5) is 38.3. The van der Waals surface area contributed by atoms with Crippen molar-refractivity contribution in [1.29, 1.82) is 0 Å². The molecule has 0 spiro atoms. The Hall–Kier alpha value is -2.37. The van der Waals surface area contributed by atoms with Crippen LogP contribution in [-0.4, -0.2) is 37.2 Å². The van der Waals surface area contributed by atoms with Crippen LogP contribution in [-0.2, 0) is 28.6 Å². The van der Waals surface area contributed by atoms with E-state index in [1.807, 2.05) is 0 Å². The van der Waals surface area contributed by atoms with Gasteiger partial charge in [0.25, 0.3) is 0 Å². The molecule has 6 heteroatoms. The topological polar surface area (TPSA) is 78.9 Å². The zero-order chi connectivity index (χ0) is 54.3. The molecule has 440 valence electrons. The number of ether oxygens (including phenoxy) is 3. The third-order valence-corrected chi connectivity index (χ3v) is 15.1. The van der Waals surface area contributed by atoms with E-state index in [4.69, 9.17) is 14.2 Å². The number of unbranched alkanes of at least 4 members (excludes halogenated alkanes) is 45. The summed E-state index contributed by atoms with van der Waals surface area (Å²) >= 11 is 0. The van der Waals surface area contributed by atoms with Crippen LogP contribution in [0.25, 0.3) is 0 Å². The molecule has 0 fully saturated rings. The number of rotatable bonds is 62. The molecule has 0 radical (unpaired) electrons. The number of allylic oxidation sites excluding steroid dienone is 6. The average Bonchev–Trinajstić information content (AvgIpc) is 3.41. The Balaban J connectivity index is 4.21. The van der Waals surface area contributed by atoms with Crippen LogP contribution in [0.4, 0.5) is 0 Å². The van der Waals surface area contributed by atoms with E-state index in [-0.39, 0.29) is 31.1 Å². The van der Waals surface area contributed by atoms with E-state index in [0.29, 0.717) is 19.3 Å². The molecule has 0 aliphatic rings. The van der Waals surface area contributed by atoms with E-state index in [1.54, 1.807) is 0 Å². The van der Waals surface area contributed by atoms with Gasteiger partial charge in [-0.15, -0.1) is 0 Å². The molecule has 0 heterocycles. The number of esters is 3. The number of carbonyl (C=O) groups is 3. The van der Waals surface area contributed by atoms with Crippen LogP contribution in [0.3, 0.4) is 0 Å². The van der Waals surface area contributed by atoms with E-state index in [9.17, 15) is 14.4 Å². The summed E-state index contributed by atoms with van der Waals surface area (Å²) < 4.78 is 16.9. The van der Waals surface area contributed by atoms with E-state index in [1.165, 1.54) is 257 Å². The van der Waals surface area contributed by atoms with E-state index < -0.39 is 6.10 Å². The van der Waals surface area contributed by atoms with Gasteiger partial charge in [0.2, 0.25) is 0 Å². The SMILES string of the molecule is CCCCC/C=C\C/C=C\CCCCCCCCCC(=O)OC(COC(=O)CCCCCCCCCCCCCCC)COC(=O)CCCCCCCCCCCCCCCCC/C=C\CCCCCCCCCC. The highest BCUT2D eigenvalue weighted by atomic mass is 16.6. The van der Waals surface area contributed by atoms with Gasteiger partial charge >= 0.3 is 17.9 Å². The van der Waals surface area contributed by atoms with Gasteiger partial charge in [0, 0.05) is 19.3 Å². The zero-order valence-electron chi connectivity index (χ0n) is 50.6. The Labute approximate surface area is 467 Å². The second-order valence-electron chi connectivity index (χ2n) is 22.7. The smallest absolute Gasteiger partial charge is 0.306 e. The lowest BCUT2D eigenvalue weighted by atomic mass is 10.0. The van der Waals surface area contributed by atoms with Crippen LogP contribution in [0.2, 0.25) is 0 Å². The predicted octanol–water partition coefficient (Wildman–Crippen LogP) is 22.8. The van der Waals surface area contributed by atoms with Gasteiger partial charge < -0.3 is 14.2 Å². The fourth-order valence-electron chi connectivity index (χ4n) is 10.1. The summed E-state index contributed by atoms with van der Waals surface area (Å²) in [6, 6.07) is 0. The van der Waals surface area contributed by atoms with Crippen molar-refractivity contribution in [2.75, 3.05) is 13.2 Å². The van der Waals surface area contributed by atoms with Gasteiger partial charge in [-0.2, -0.15) is 0 Å². The lowest BCUT2D eigenvalue weighted by molar-refractivity contribution is -0.167. The van der Waals surface area contributed by atoms with Crippen molar-refractivity contribution in [3.63, 3.8) is 0 Å². The molecule has 75 heavy (non-hydrogen) atoms. The van der Waals surface area contributed by atoms with Gasteiger partial charge in [0.05, 0.1) is 0 Å². The Bertz CT molecular complexity index is 1250. The highest BCUT2D eigenvalue weighted by molar-refractivity contribution is 5.71. The van der Waals surface area contributed by atoms with Gasteiger partial charge in [-0.3, -0.25) is 14.4 Å². The number of hydrogen-bond acceptors (Lipinski definition) is 6. The molecule has 1 atom stereocenters. The van der Waals surface area contributed by atoms with Gasteiger partial charge in [0.15, 0.2) is 6.10 Å². The minimum atomic E-state index is -0.774. The number of carbonyl (C=O) groups excluding carboxylic acids is 3. The highest BCUT2D eigenvalue weighted by Crippen LogP contribution is 2.18. The second-order valence-corrected chi connectivity index (χ2v) is 22.7. The van der Waals surface area contributed by atoms with Gasteiger partial charge in [-0.1, -0.05) is 308 Å². The summed E-state index contributed by atoms with van der Waals surface area (Å²) in [6.07, 6.45) is 78.8. The predicted molar refractivity (Wildman–Crippen MR) is 326 cm³/mol. The van der Waals surface area contributed by atoms with Crippen molar-refractivity contribution < 1.29 is 28.6 Å². The molecule has 1 unspecified atom stereocenters. The molecule has 0 N–H and O–H groups in total. The third kappa shape index (κ3) is 62.4. The zero-order valence-corrected chi connectivity index (χ0v) is 50.6. The van der Waals surface area contributed by atoms with Gasteiger partial charge in [0.1, 0.15) is 13.2 Å². The summed E-state index contributed by atoms with van der Waals surface area (Å²) in [5, 5.41) is 0. The fraction of sp³-hybridized carbons (Fsp3) is 0.870. The average molecular weight is 1050 g/mol. The normalized spacial score (nSPS) is 12.2. The van der Waals surface area contributed by atoms with Crippen molar-refractivity contribution in [2.45, 2.75) is 374 Å².